The number of ketones is 1. The number of carbonyl (C=O) groups excluding carboxylic acids is 1. The van der Waals surface area contributed by atoms with E-state index in [0.717, 1.165) is 49.4 Å². The maximum absolute atomic E-state index is 12.2. The van der Waals surface area contributed by atoms with E-state index in [9.17, 15) is 4.79 Å². The highest BCUT2D eigenvalue weighted by Gasteiger charge is 2.14. The van der Waals surface area contributed by atoms with Crippen molar-refractivity contribution in [2.24, 2.45) is 0 Å². The molecule has 8 nitrogen and oxygen atoms in total. The molecule has 194 valence electrons. The Morgan fingerprint density at radius 2 is 1.89 bits per heavy atom. The van der Waals surface area contributed by atoms with E-state index in [1.807, 2.05) is 23.9 Å². The minimum atomic E-state index is 0.0627. The van der Waals surface area contributed by atoms with Crippen LogP contribution in [-0.4, -0.2) is 57.2 Å². The highest BCUT2D eigenvalue weighted by molar-refractivity contribution is 6.33. The van der Waals surface area contributed by atoms with Crippen LogP contribution in [0.15, 0.2) is 36.9 Å². The third kappa shape index (κ3) is 7.77. The van der Waals surface area contributed by atoms with Crippen LogP contribution in [0.5, 0.6) is 5.75 Å². The molecule has 0 aliphatic rings. The van der Waals surface area contributed by atoms with Crippen molar-refractivity contribution in [3.05, 3.63) is 58.6 Å². The normalized spacial score (nSPS) is 11.2. The lowest BCUT2D eigenvalue weighted by molar-refractivity contribution is 0.0987. The second-order valence-electron chi connectivity index (χ2n) is 8.75. The summed E-state index contributed by atoms with van der Waals surface area (Å²) in [5.41, 5.74) is 3.33. The first-order valence-electron chi connectivity index (χ1n) is 12.7. The largest absolute Gasteiger partial charge is 0.495 e. The van der Waals surface area contributed by atoms with Gasteiger partial charge in [0, 0.05) is 37.1 Å². The van der Waals surface area contributed by atoms with Crippen molar-refractivity contribution in [3.63, 3.8) is 0 Å². The third-order valence-electron chi connectivity index (χ3n) is 6.10. The van der Waals surface area contributed by atoms with Crippen molar-refractivity contribution in [1.82, 2.24) is 24.6 Å². The molecule has 0 radical (unpaired) electrons. The minimum Gasteiger partial charge on any atom is -0.495 e. The standard InChI is InChI=1S/C27H37ClN6O2/c1-5-11-33(7-3)12-8-13-34-19-23(18-31-34)32-27-29-16-20(17-30-27)9-10-21-14-22(24(35)6-2)15-25(36-4)26(21)28/h14-19H,5-13H2,1-4H3,(H,29,30,32). The molecule has 0 bridgehead atoms. The summed E-state index contributed by atoms with van der Waals surface area (Å²) in [6.45, 7) is 10.4. The maximum atomic E-state index is 12.2. The fraction of sp³-hybridized carbons (Fsp3) is 0.481. The number of carbonyl (C=O) groups is 1. The molecule has 36 heavy (non-hydrogen) atoms. The van der Waals surface area contributed by atoms with Crippen LogP contribution >= 0.6 is 11.6 Å². The molecule has 0 atom stereocenters. The Balaban J connectivity index is 1.54. The van der Waals surface area contributed by atoms with Crippen molar-refractivity contribution in [2.75, 3.05) is 32.1 Å². The Labute approximate surface area is 219 Å². The van der Waals surface area contributed by atoms with Gasteiger partial charge in [0.25, 0.3) is 0 Å². The monoisotopic (exact) mass is 512 g/mol. The molecule has 2 aromatic heterocycles. The van der Waals surface area contributed by atoms with Crippen LogP contribution in [0, 0.1) is 0 Å². The summed E-state index contributed by atoms with van der Waals surface area (Å²) in [5.74, 6) is 1.10. The van der Waals surface area contributed by atoms with Gasteiger partial charge in [-0.1, -0.05) is 32.4 Å². The van der Waals surface area contributed by atoms with E-state index in [-0.39, 0.29) is 5.78 Å². The maximum Gasteiger partial charge on any atom is 0.227 e. The van der Waals surface area contributed by atoms with Crippen molar-refractivity contribution in [2.45, 2.75) is 59.4 Å². The number of ether oxygens (including phenoxy) is 1. The predicted octanol–water partition coefficient (Wildman–Crippen LogP) is 5.58. The van der Waals surface area contributed by atoms with E-state index in [1.165, 1.54) is 6.42 Å². The minimum absolute atomic E-state index is 0.0627. The molecule has 0 saturated heterocycles. The van der Waals surface area contributed by atoms with Gasteiger partial charge in [0.1, 0.15) is 5.75 Å². The highest BCUT2D eigenvalue weighted by Crippen LogP contribution is 2.31. The molecule has 0 fully saturated rings. The summed E-state index contributed by atoms with van der Waals surface area (Å²) < 4.78 is 7.32. The summed E-state index contributed by atoms with van der Waals surface area (Å²) in [4.78, 5) is 23.6. The van der Waals surface area contributed by atoms with Gasteiger partial charge >= 0.3 is 0 Å². The van der Waals surface area contributed by atoms with Crippen LogP contribution < -0.4 is 10.1 Å². The van der Waals surface area contributed by atoms with Gasteiger partial charge in [-0.05, 0) is 68.6 Å². The van der Waals surface area contributed by atoms with E-state index in [4.69, 9.17) is 16.3 Å². The Hall–Kier alpha value is -2.97. The fourth-order valence-corrected chi connectivity index (χ4v) is 4.34. The number of aromatic nitrogens is 4. The molecule has 3 aromatic rings. The number of nitrogens with zero attached hydrogens (tertiary/aromatic N) is 5. The predicted molar refractivity (Wildman–Crippen MR) is 145 cm³/mol. The molecule has 9 heteroatoms. The molecular formula is C27H37ClN6O2. The van der Waals surface area contributed by atoms with E-state index >= 15 is 0 Å². The number of aryl methyl sites for hydroxylation is 3. The van der Waals surface area contributed by atoms with Gasteiger partial charge < -0.3 is 15.0 Å². The number of rotatable bonds is 15. The SMILES string of the molecule is CCCN(CC)CCCn1cc(Nc2ncc(CCc3cc(C(=O)CC)cc(OC)c3Cl)cn2)cn1. The van der Waals surface area contributed by atoms with E-state index in [1.54, 1.807) is 31.8 Å². The quantitative estimate of drug-likeness (QED) is 0.266. The Morgan fingerprint density at radius 1 is 1.11 bits per heavy atom. The summed E-state index contributed by atoms with van der Waals surface area (Å²) in [5, 5.41) is 8.19. The molecule has 0 aliphatic heterocycles. The molecule has 0 unspecified atom stereocenters. The lowest BCUT2D eigenvalue weighted by Gasteiger charge is -2.19. The number of hydrogen-bond acceptors (Lipinski definition) is 7. The number of anilines is 2. The molecule has 0 aliphatic carbocycles. The van der Waals surface area contributed by atoms with Gasteiger partial charge in [0.15, 0.2) is 5.78 Å². The van der Waals surface area contributed by atoms with Crippen LogP contribution in [0.3, 0.4) is 0 Å². The van der Waals surface area contributed by atoms with Gasteiger partial charge in [-0.15, -0.1) is 0 Å². The Kier molecular flexibility index (Phi) is 10.7. The first-order chi connectivity index (χ1) is 17.5. The summed E-state index contributed by atoms with van der Waals surface area (Å²) in [6, 6.07) is 3.56. The van der Waals surface area contributed by atoms with Crippen LogP contribution in [-0.2, 0) is 19.4 Å². The van der Waals surface area contributed by atoms with E-state index in [2.05, 4.69) is 39.1 Å². The molecule has 0 saturated carbocycles. The Morgan fingerprint density at radius 3 is 2.56 bits per heavy atom. The summed E-state index contributed by atoms with van der Waals surface area (Å²) in [6.07, 6.45) is 11.4. The smallest absolute Gasteiger partial charge is 0.227 e. The zero-order chi connectivity index (χ0) is 25.9. The van der Waals surface area contributed by atoms with Crippen LogP contribution in [0.2, 0.25) is 5.02 Å². The van der Waals surface area contributed by atoms with Crippen LogP contribution in [0.4, 0.5) is 11.6 Å². The molecule has 1 N–H and O–H groups in total. The number of Topliss-reactive ketones (excluding diaryl/α,β-unsaturated/α-hetero) is 1. The van der Waals surface area contributed by atoms with Crippen LogP contribution in [0.25, 0.3) is 0 Å². The van der Waals surface area contributed by atoms with Crippen molar-refractivity contribution >= 4 is 29.0 Å². The number of benzene rings is 1. The number of hydrogen-bond donors (Lipinski definition) is 1. The highest BCUT2D eigenvalue weighted by atomic mass is 35.5. The van der Waals surface area contributed by atoms with Crippen molar-refractivity contribution < 1.29 is 9.53 Å². The summed E-state index contributed by atoms with van der Waals surface area (Å²) in [7, 11) is 1.56. The first kappa shape index (κ1) is 27.6. The molecule has 0 amide bonds. The van der Waals surface area contributed by atoms with Crippen molar-refractivity contribution in [1.29, 1.82) is 0 Å². The average molecular weight is 513 g/mol. The summed E-state index contributed by atoms with van der Waals surface area (Å²) >= 11 is 6.49. The molecular weight excluding hydrogens is 476 g/mol. The van der Waals surface area contributed by atoms with Gasteiger partial charge in [-0.3, -0.25) is 9.48 Å². The zero-order valence-corrected chi connectivity index (χ0v) is 22.5. The fourth-order valence-electron chi connectivity index (χ4n) is 4.06. The third-order valence-corrected chi connectivity index (χ3v) is 6.53. The molecule has 2 heterocycles. The van der Waals surface area contributed by atoms with Crippen LogP contribution in [0.1, 0.15) is 61.5 Å². The van der Waals surface area contributed by atoms with Gasteiger partial charge in [0.2, 0.25) is 5.95 Å². The van der Waals surface area contributed by atoms with Gasteiger partial charge in [0.05, 0.1) is 24.0 Å². The zero-order valence-electron chi connectivity index (χ0n) is 21.8. The molecule has 1 aromatic carbocycles. The molecule has 3 rings (SSSR count). The average Bonchev–Trinajstić information content (AvgIpc) is 3.34. The lowest BCUT2D eigenvalue weighted by atomic mass is 10.0. The van der Waals surface area contributed by atoms with Crippen molar-refractivity contribution in [3.8, 4) is 5.75 Å². The van der Waals surface area contributed by atoms with E-state index in [0.29, 0.717) is 41.5 Å². The Bertz CT molecular complexity index is 1120. The van der Waals surface area contributed by atoms with Gasteiger partial charge in [-0.25, -0.2) is 9.97 Å². The lowest BCUT2D eigenvalue weighted by Crippen LogP contribution is -2.26. The second kappa shape index (κ2) is 13.9. The van der Waals surface area contributed by atoms with Gasteiger partial charge in [-0.2, -0.15) is 5.10 Å². The van der Waals surface area contributed by atoms with E-state index < -0.39 is 0 Å². The first-order valence-corrected chi connectivity index (χ1v) is 13.1. The molecule has 0 spiro atoms. The number of methoxy groups -OCH3 is 1. The number of halogens is 1. The second-order valence-corrected chi connectivity index (χ2v) is 9.13. The number of nitrogens with one attached hydrogen (secondary N) is 1. The topological polar surface area (TPSA) is 85.2 Å².